The van der Waals surface area contributed by atoms with Crippen LogP contribution in [0.25, 0.3) is 0 Å². The molecule has 0 heterocycles. The van der Waals surface area contributed by atoms with Gasteiger partial charge in [-0.1, -0.05) is 0 Å². The van der Waals surface area contributed by atoms with Crippen LogP contribution in [0.2, 0.25) is 0 Å². The third-order valence-electron chi connectivity index (χ3n) is 1.62. The van der Waals surface area contributed by atoms with Gasteiger partial charge in [-0.2, -0.15) is 0 Å². The first-order valence-electron chi connectivity index (χ1n) is 4.24. The molecule has 13 heavy (non-hydrogen) atoms. The highest BCUT2D eigenvalue weighted by Gasteiger charge is 2.14. The summed E-state index contributed by atoms with van der Waals surface area (Å²) in [5.74, 6) is 0.236. The van der Waals surface area contributed by atoms with Crippen LogP contribution < -0.4 is 0 Å². The third-order valence-corrected chi connectivity index (χ3v) is 1.62. The zero-order valence-corrected chi connectivity index (χ0v) is 7.54. The Labute approximate surface area is 76.5 Å². The summed E-state index contributed by atoms with van der Waals surface area (Å²) in [5.41, 5.74) is 0. The fraction of sp³-hybridized carbons (Fsp3) is 0.556. The Morgan fingerprint density at radius 2 is 2.31 bits per heavy atom. The van der Waals surface area contributed by atoms with Crippen molar-refractivity contribution < 1.29 is 19.1 Å². The van der Waals surface area contributed by atoms with Gasteiger partial charge in [0.2, 0.25) is 0 Å². The molecular weight excluding hydrogens is 172 g/mol. The first-order valence-corrected chi connectivity index (χ1v) is 4.24. The van der Waals surface area contributed by atoms with Crippen LogP contribution in [-0.2, 0) is 19.1 Å². The van der Waals surface area contributed by atoms with Crippen molar-refractivity contribution in [1.29, 1.82) is 0 Å². The van der Waals surface area contributed by atoms with Gasteiger partial charge in [0, 0.05) is 18.9 Å². The minimum atomic E-state index is -0.400. The van der Waals surface area contributed by atoms with Crippen LogP contribution in [0.15, 0.2) is 11.8 Å². The van der Waals surface area contributed by atoms with E-state index in [4.69, 9.17) is 4.74 Å². The quantitative estimate of drug-likeness (QED) is 0.607. The van der Waals surface area contributed by atoms with Crippen molar-refractivity contribution in [2.75, 3.05) is 13.2 Å². The molecule has 0 radical (unpaired) electrons. The molecule has 0 spiro atoms. The Balaban J connectivity index is 2.23. The Bertz CT molecular complexity index is 242. The Morgan fingerprint density at radius 1 is 1.54 bits per heavy atom. The molecule has 72 valence electrons. The highest BCUT2D eigenvalue weighted by molar-refractivity contribution is 5.92. The molecule has 4 nitrogen and oxygen atoms in total. The minimum absolute atomic E-state index is 0.0545. The highest BCUT2D eigenvalue weighted by Crippen LogP contribution is 2.15. The van der Waals surface area contributed by atoms with Gasteiger partial charge in [0.25, 0.3) is 0 Å². The van der Waals surface area contributed by atoms with E-state index in [1.807, 2.05) is 0 Å². The van der Waals surface area contributed by atoms with Crippen LogP contribution >= 0.6 is 0 Å². The summed E-state index contributed by atoms with van der Waals surface area (Å²) in [7, 11) is 0. The first-order chi connectivity index (χ1) is 6.22. The second kappa shape index (κ2) is 4.64. The van der Waals surface area contributed by atoms with E-state index in [9.17, 15) is 9.59 Å². The minimum Gasteiger partial charge on any atom is -0.486 e. The molecule has 0 aromatic heterocycles. The lowest BCUT2D eigenvalue weighted by Gasteiger charge is -2.04. The van der Waals surface area contributed by atoms with E-state index in [2.05, 4.69) is 4.74 Å². The molecule has 1 aliphatic rings. The van der Waals surface area contributed by atoms with Gasteiger partial charge in [-0.25, -0.2) is 4.79 Å². The number of hydrogen-bond acceptors (Lipinski definition) is 4. The van der Waals surface area contributed by atoms with Gasteiger partial charge in [-0.15, -0.1) is 0 Å². The lowest BCUT2D eigenvalue weighted by molar-refractivity contribution is -0.147. The summed E-state index contributed by atoms with van der Waals surface area (Å²) in [4.78, 5) is 21.6. The van der Waals surface area contributed by atoms with Crippen molar-refractivity contribution in [3.05, 3.63) is 11.8 Å². The Morgan fingerprint density at radius 3 is 2.85 bits per heavy atom. The van der Waals surface area contributed by atoms with E-state index >= 15 is 0 Å². The summed E-state index contributed by atoms with van der Waals surface area (Å²) in [6, 6.07) is 0. The summed E-state index contributed by atoms with van der Waals surface area (Å²) >= 11 is 0. The third kappa shape index (κ3) is 3.27. The molecule has 1 rings (SSSR count). The SMILES string of the molecule is CCOC(=O)COC1=CC(=O)CC1. The lowest BCUT2D eigenvalue weighted by Crippen LogP contribution is -2.11. The van der Waals surface area contributed by atoms with E-state index in [1.54, 1.807) is 6.92 Å². The highest BCUT2D eigenvalue weighted by atomic mass is 16.6. The molecule has 0 bridgehead atoms. The summed E-state index contributed by atoms with van der Waals surface area (Å²) in [6.07, 6.45) is 2.51. The maximum atomic E-state index is 10.8. The van der Waals surface area contributed by atoms with Crippen LogP contribution in [0.1, 0.15) is 19.8 Å². The number of esters is 1. The zero-order valence-electron chi connectivity index (χ0n) is 7.54. The Kier molecular flexibility index (Phi) is 3.49. The number of carbonyl (C=O) groups is 2. The van der Waals surface area contributed by atoms with Gasteiger partial charge in [0.1, 0.15) is 5.76 Å². The number of allylic oxidation sites excluding steroid dienone is 2. The van der Waals surface area contributed by atoms with Crippen LogP contribution in [0, 0.1) is 0 Å². The molecule has 0 N–H and O–H groups in total. The van der Waals surface area contributed by atoms with E-state index in [-0.39, 0.29) is 12.4 Å². The van der Waals surface area contributed by atoms with Crippen molar-refractivity contribution >= 4 is 11.8 Å². The van der Waals surface area contributed by atoms with Gasteiger partial charge < -0.3 is 9.47 Å². The molecule has 0 aromatic carbocycles. The summed E-state index contributed by atoms with van der Waals surface area (Å²) < 4.78 is 9.71. The summed E-state index contributed by atoms with van der Waals surface area (Å²) in [6.45, 7) is 1.98. The fourth-order valence-corrected chi connectivity index (χ4v) is 1.04. The molecule has 0 atom stereocenters. The molecule has 1 aliphatic carbocycles. The van der Waals surface area contributed by atoms with E-state index in [0.717, 1.165) is 0 Å². The zero-order chi connectivity index (χ0) is 9.68. The maximum absolute atomic E-state index is 10.8. The smallest absolute Gasteiger partial charge is 0.344 e. The average Bonchev–Trinajstić information content (AvgIpc) is 2.49. The molecule has 0 amide bonds. The van der Waals surface area contributed by atoms with Gasteiger partial charge in [-0.05, 0) is 6.92 Å². The Hall–Kier alpha value is -1.32. The monoisotopic (exact) mass is 184 g/mol. The van der Waals surface area contributed by atoms with Gasteiger partial charge in [-0.3, -0.25) is 4.79 Å². The van der Waals surface area contributed by atoms with Crippen molar-refractivity contribution in [2.45, 2.75) is 19.8 Å². The molecule has 0 fully saturated rings. The standard InChI is InChI=1S/C9H12O4/c1-2-12-9(11)6-13-8-4-3-7(10)5-8/h5H,2-4,6H2,1H3. The number of carbonyl (C=O) groups excluding carboxylic acids is 2. The van der Waals surface area contributed by atoms with Crippen LogP contribution in [0.3, 0.4) is 0 Å². The van der Waals surface area contributed by atoms with Crippen LogP contribution in [0.4, 0.5) is 0 Å². The normalized spacial score (nSPS) is 15.5. The molecular formula is C9H12O4. The second-order valence-electron chi connectivity index (χ2n) is 2.67. The van der Waals surface area contributed by atoms with E-state index < -0.39 is 5.97 Å². The van der Waals surface area contributed by atoms with Crippen LogP contribution in [0.5, 0.6) is 0 Å². The van der Waals surface area contributed by atoms with Crippen LogP contribution in [-0.4, -0.2) is 25.0 Å². The van der Waals surface area contributed by atoms with Gasteiger partial charge in [0.05, 0.1) is 6.61 Å². The molecule has 0 saturated carbocycles. The second-order valence-corrected chi connectivity index (χ2v) is 2.67. The van der Waals surface area contributed by atoms with Crippen molar-refractivity contribution in [1.82, 2.24) is 0 Å². The lowest BCUT2D eigenvalue weighted by atomic mass is 10.3. The number of rotatable bonds is 4. The van der Waals surface area contributed by atoms with Gasteiger partial charge >= 0.3 is 5.97 Å². The predicted molar refractivity (Wildman–Crippen MR) is 44.9 cm³/mol. The largest absolute Gasteiger partial charge is 0.486 e. The van der Waals surface area contributed by atoms with Crippen molar-refractivity contribution in [3.63, 3.8) is 0 Å². The van der Waals surface area contributed by atoms with Crippen molar-refractivity contribution in [3.8, 4) is 0 Å². The van der Waals surface area contributed by atoms with Gasteiger partial charge in [0.15, 0.2) is 12.4 Å². The first kappa shape index (κ1) is 9.77. The topological polar surface area (TPSA) is 52.6 Å². The summed E-state index contributed by atoms with van der Waals surface area (Å²) in [5, 5.41) is 0. The maximum Gasteiger partial charge on any atom is 0.344 e. The number of ketones is 1. The number of hydrogen-bond donors (Lipinski definition) is 0. The fourth-order valence-electron chi connectivity index (χ4n) is 1.04. The van der Waals surface area contributed by atoms with E-state index in [1.165, 1.54) is 6.08 Å². The molecule has 0 saturated heterocycles. The van der Waals surface area contributed by atoms with E-state index in [0.29, 0.717) is 25.2 Å². The molecule has 0 aliphatic heterocycles. The average molecular weight is 184 g/mol. The number of ether oxygens (including phenoxy) is 2. The molecule has 0 unspecified atom stereocenters. The van der Waals surface area contributed by atoms with Crippen molar-refractivity contribution in [2.24, 2.45) is 0 Å². The molecule has 4 heteroatoms. The molecule has 0 aromatic rings. The predicted octanol–water partition coefficient (Wildman–Crippen LogP) is 0.813.